The molecule has 0 radical (unpaired) electrons. The second-order valence-corrected chi connectivity index (χ2v) is 9.36. The van der Waals surface area contributed by atoms with Crippen LogP contribution in [0.1, 0.15) is 30.4 Å². The van der Waals surface area contributed by atoms with Crippen molar-refractivity contribution in [3.05, 3.63) is 84.0 Å². The third-order valence-electron chi connectivity index (χ3n) is 6.85. The normalized spacial score (nSPS) is 21.1. The first-order valence-corrected chi connectivity index (χ1v) is 12.4. The molecule has 2 aromatic carbocycles. The van der Waals surface area contributed by atoms with Crippen molar-refractivity contribution >= 4 is 41.2 Å². The van der Waals surface area contributed by atoms with Crippen LogP contribution in [-0.4, -0.2) is 47.8 Å². The van der Waals surface area contributed by atoms with Gasteiger partial charge < -0.3 is 15.5 Å². The minimum atomic E-state index is -0.545. The Labute approximate surface area is 211 Å². The maximum atomic E-state index is 12.8. The van der Waals surface area contributed by atoms with Gasteiger partial charge in [0.15, 0.2) is 0 Å². The molecule has 0 aromatic heterocycles. The zero-order valence-corrected chi connectivity index (χ0v) is 20.0. The largest absolute Gasteiger partial charge is 0.324 e. The van der Waals surface area contributed by atoms with Crippen molar-refractivity contribution in [2.45, 2.75) is 31.3 Å². The first-order valence-electron chi connectivity index (χ1n) is 12.4. The molecule has 5 rings (SSSR count). The Kier molecular flexibility index (Phi) is 7.09. The zero-order chi connectivity index (χ0) is 24.9. The van der Waals surface area contributed by atoms with Crippen LogP contribution in [0.15, 0.2) is 72.8 Å². The van der Waals surface area contributed by atoms with E-state index >= 15 is 0 Å². The molecule has 0 spiro atoms. The highest BCUT2D eigenvalue weighted by atomic mass is 16.2. The quantitative estimate of drug-likeness (QED) is 0.413. The molecule has 2 aliphatic heterocycles. The number of carbonyl (C=O) groups excluding carboxylic acids is 3. The van der Waals surface area contributed by atoms with Crippen molar-refractivity contribution in [2.24, 2.45) is 5.92 Å². The van der Waals surface area contributed by atoms with Crippen molar-refractivity contribution in [2.75, 3.05) is 23.7 Å². The van der Waals surface area contributed by atoms with Gasteiger partial charge in [-0.05, 0) is 48.2 Å². The summed E-state index contributed by atoms with van der Waals surface area (Å²) < 4.78 is 0. The lowest BCUT2D eigenvalue weighted by molar-refractivity contribution is -0.141. The molecule has 7 heteroatoms. The molecule has 1 fully saturated rings. The number of hydrogen-bond acceptors (Lipinski definition) is 4. The Hall–Kier alpha value is -3.97. The Morgan fingerprint density at radius 2 is 1.42 bits per heavy atom. The average molecular weight is 483 g/mol. The molecule has 3 N–H and O–H groups in total. The van der Waals surface area contributed by atoms with E-state index in [0.29, 0.717) is 18.8 Å². The molecular weight excluding hydrogens is 452 g/mol. The average Bonchev–Trinajstić information content (AvgIpc) is 3.56. The summed E-state index contributed by atoms with van der Waals surface area (Å²) >= 11 is 0. The summed E-state index contributed by atoms with van der Waals surface area (Å²) in [4.78, 5) is 39.3. The van der Waals surface area contributed by atoms with Gasteiger partial charge in [-0.15, -0.1) is 0 Å². The van der Waals surface area contributed by atoms with Gasteiger partial charge in [-0.2, -0.15) is 0 Å². The van der Waals surface area contributed by atoms with Gasteiger partial charge >= 0.3 is 0 Å². The second-order valence-electron chi connectivity index (χ2n) is 9.36. The van der Waals surface area contributed by atoms with Crippen LogP contribution in [0.5, 0.6) is 0 Å². The summed E-state index contributed by atoms with van der Waals surface area (Å²) in [5, 5.41) is 8.94. The Morgan fingerprint density at radius 3 is 1.94 bits per heavy atom. The monoisotopic (exact) mass is 482 g/mol. The van der Waals surface area contributed by atoms with Crippen LogP contribution < -0.4 is 16.0 Å². The van der Waals surface area contributed by atoms with E-state index in [1.54, 1.807) is 4.90 Å². The van der Waals surface area contributed by atoms with Crippen LogP contribution in [-0.2, 0) is 14.4 Å². The van der Waals surface area contributed by atoms with E-state index in [0.717, 1.165) is 36.1 Å². The van der Waals surface area contributed by atoms with E-state index < -0.39 is 6.04 Å². The topological polar surface area (TPSA) is 90.5 Å². The van der Waals surface area contributed by atoms with Crippen LogP contribution in [0.3, 0.4) is 0 Å². The van der Waals surface area contributed by atoms with Crippen LogP contribution in [0.2, 0.25) is 0 Å². The number of hydrogen-bond donors (Lipinski definition) is 3. The summed E-state index contributed by atoms with van der Waals surface area (Å²) in [5.74, 6) is -0.0920. The minimum absolute atomic E-state index is 0.0687. The molecule has 2 atom stereocenters. The van der Waals surface area contributed by atoms with Crippen molar-refractivity contribution in [3.8, 4) is 0 Å². The van der Waals surface area contributed by atoms with E-state index in [9.17, 15) is 14.4 Å². The van der Waals surface area contributed by atoms with Crippen molar-refractivity contribution in [1.82, 2.24) is 10.2 Å². The van der Waals surface area contributed by atoms with E-state index in [2.05, 4.69) is 16.0 Å². The zero-order valence-electron chi connectivity index (χ0n) is 20.0. The van der Waals surface area contributed by atoms with Gasteiger partial charge in [-0.25, -0.2) is 0 Å². The molecule has 2 aromatic rings. The van der Waals surface area contributed by atoms with Crippen molar-refractivity contribution in [1.29, 1.82) is 0 Å². The minimum Gasteiger partial charge on any atom is -0.324 e. The summed E-state index contributed by atoms with van der Waals surface area (Å²) in [6.07, 6.45) is 14.4. The van der Waals surface area contributed by atoms with Gasteiger partial charge in [0.25, 0.3) is 5.91 Å². The highest BCUT2D eigenvalue weighted by Crippen LogP contribution is 2.30. The molecule has 3 aliphatic rings. The number of carbonyl (C=O) groups is 3. The number of amides is 3. The summed E-state index contributed by atoms with van der Waals surface area (Å²) in [6, 6.07) is 14.4. The molecule has 184 valence electrons. The number of anilines is 2. The maximum absolute atomic E-state index is 12.8. The van der Waals surface area contributed by atoms with Crippen LogP contribution in [0, 0.1) is 5.92 Å². The number of nitrogens with zero attached hydrogens (tertiary/aromatic N) is 1. The third kappa shape index (κ3) is 5.47. The lowest BCUT2D eigenvalue weighted by Gasteiger charge is -2.32. The fourth-order valence-electron chi connectivity index (χ4n) is 4.50. The predicted molar refractivity (Wildman–Crippen MR) is 142 cm³/mol. The fourth-order valence-corrected chi connectivity index (χ4v) is 4.50. The third-order valence-corrected chi connectivity index (χ3v) is 6.85. The van der Waals surface area contributed by atoms with Crippen molar-refractivity contribution in [3.63, 3.8) is 0 Å². The van der Waals surface area contributed by atoms with Crippen LogP contribution >= 0.6 is 0 Å². The predicted octanol–water partition coefficient (Wildman–Crippen LogP) is 3.83. The SMILES string of the molecule is O=C(Nc1ccc(/C=C/c2ccc(NC(=O)[C@@H]3C=CCN3C(=O)C3CCC3)cc2)cc1)[C@@H]1C=CCN1. The Morgan fingerprint density at radius 1 is 0.806 bits per heavy atom. The smallest absolute Gasteiger partial charge is 0.251 e. The van der Waals surface area contributed by atoms with Gasteiger partial charge in [0.2, 0.25) is 11.8 Å². The highest BCUT2D eigenvalue weighted by molar-refractivity contribution is 5.99. The molecule has 0 unspecified atom stereocenters. The van der Waals surface area contributed by atoms with E-state index in [-0.39, 0.29) is 29.7 Å². The molecule has 1 aliphatic carbocycles. The summed E-state index contributed by atoms with van der Waals surface area (Å²) in [5.41, 5.74) is 3.45. The molecule has 0 saturated heterocycles. The standard InChI is InChI=1S/C29H30N4O3/c34-27(25-6-2-18-30-25)31-23-14-10-20(11-15-23)8-9-21-12-16-24(17-13-21)32-28(35)26-7-3-19-33(26)29(36)22-4-1-5-22/h2-3,6-17,22,25-26,30H,1,4-5,18-19H2,(H,31,34)(H,32,35)/b9-8+/t25-,26-/m0/s1. The molecule has 3 amide bonds. The second kappa shape index (κ2) is 10.7. The fraction of sp³-hybridized carbons (Fsp3) is 0.276. The molecule has 1 saturated carbocycles. The van der Waals surface area contributed by atoms with E-state index in [1.165, 1.54) is 0 Å². The molecule has 7 nitrogen and oxygen atoms in total. The lowest BCUT2D eigenvalue weighted by atomic mass is 9.84. The van der Waals surface area contributed by atoms with Crippen LogP contribution in [0.25, 0.3) is 12.2 Å². The van der Waals surface area contributed by atoms with E-state index in [4.69, 9.17) is 0 Å². The van der Waals surface area contributed by atoms with Gasteiger partial charge in [0.1, 0.15) is 12.1 Å². The number of benzene rings is 2. The Bertz CT molecular complexity index is 1210. The van der Waals surface area contributed by atoms with Gasteiger partial charge in [-0.3, -0.25) is 19.7 Å². The molecule has 0 bridgehead atoms. The Balaban J connectivity index is 1.13. The van der Waals surface area contributed by atoms with Crippen molar-refractivity contribution < 1.29 is 14.4 Å². The molecule has 2 heterocycles. The van der Waals surface area contributed by atoms with Gasteiger partial charge in [0, 0.05) is 30.4 Å². The van der Waals surface area contributed by atoms with Crippen LogP contribution in [0.4, 0.5) is 11.4 Å². The maximum Gasteiger partial charge on any atom is 0.251 e. The summed E-state index contributed by atoms with van der Waals surface area (Å²) in [6.45, 7) is 1.21. The first kappa shape index (κ1) is 23.8. The molecule has 36 heavy (non-hydrogen) atoms. The lowest BCUT2D eigenvalue weighted by Crippen LogP contribution is -2.47. The van der Waals surface area contributed by atoms with Gasteiger partial charge in [0.05, 0.1) is 0 Å². The number of rotatable bonds is 7. The summed E-state index contributed by atoms with van der Waals surface area (Å²) in [7, 11) is 0. The van der Waals surface area contributed by atoms with Gasteiger partial charge in [-0.1, -0.05) is 67.1 Å². The van der Waals surface area contributed by atoms with E-state index in [1.807, 2.05) is 85.0 Å². The number of nitrogens with one attached hydrogen (secondary N) is 3. The highest BCUT2D eigenvalue weighted by Gasteiger charge is 2.36. The molecular formula is C29H30N4O3. The first-order chi connectivity index (χ1) is 17.6.